The number of aliphatic hydroxyl groups is 1. The first-order valence-electron chi connectivity index (χ1n) is 21.4. The summed E-state index contributed by atoms with van der Waals surface area (Å²) in [5.41, 5.74) is 0.531. The zero-order valence-corrected chi connectivity index (χ0v) is 43.0. The number of aliphatic carboxylic acids is 1. The van der Waals surface area contributed by atoms with Crippen molar-refractivity contribution >= 4 is 66.8 Å². The Kier molecular flexibility index (Phi) is 25.2. The molecule has 6 aromatic rings. The smallest absolute Gasteiger partial charge is 0.870 e. The molecule has 0 unspecified atom stereocenters. The van der Waals surface area contributed by atoms with Gasteiger partial charge in [-0.15, -0.1) is 22.7 Å². The van der Waals surface area contributed by atoms with Crippen LogP contribution in [0.15, 0.2) is 44.1 Å². The number of thiazole rings is 2. The number of hydrogen-bond donors (Lipinski definition) is 2. The van der Waals surface area contributed by atoms with E-state index in [9.17, 15) is 35.9 Å². The molecular weight excluding hydrogens is 974 g/mol. The van der Waals surface area contributed by atoms with E-state index in [0.717, 1.165) is 11.6 Å². The number of hydrogen-bond acceptors (Lipinski definition) is 17. The van der Waals surface area contributed by atoms with Crippen molar-refractivity contribution in [3.05, 3.63) is 68.9 Å². The molecule has 2 aromatic carbocycles. The second-order valence-corrected chi connectivity index (χ2v) is 16.4. The van der Waals surface area contributed by atoms with E-state index in [1.165, 1.54) is 40.9 Å². The average Bonchev–Trinajstić information content (AvgIpc) is 4.09. The molecule has 0 aliphatic rings. The number of anilines is 2. The number of alkyl halides is 6. The fourth-order valence-corrected chi connectivity index (χ4v) is 8.15. The summed E-state index contributed by atoms with van der Waals surface area (Å²) < 4.78 is 106. The molecule has 0 amide bonds. The third-order valence-corrected chi connectivity index (χ3v) is 11.4. The van der Waals surface area contributed by atoms with Crippen LogP contribution in [0, 0.1) is 0 Å². The molecule has 0 fully saturated rings. The first-order valence-corrected chi connectivity index (χ1v) is 23.1. The van der Waals surface area contributed by atoms with Crippen molar-refractivity contribution in [2.45, 2.75) is 91.4 Å². The number of nitrogens with zero attached hydrogens (tertiary/aromatic N) is 6. The Hall–Kier alpha value is -4.72. The van der Waals surface area contributed by atoms with Gasteiger partial charge in [0.2, 0.25) is 0 Å². The van der Waals surface area contributed by atoms with E-state index in [1.807, 2.05) is 43.1 Å². The summed E-state index contributed by atoms with van der Waals surface area (Å²) in [6.45, 7) is 9.86. The van der Waals surface area contributed by atoms with Gasteiger partial charge in [0, 0.05) is 55.7 Å². The van der Waals surface area contributed by atoms with Crippen LogP contribution in [0.25, 0.3) is 21.9 Å². The molecule has 0 saturated carbocycles. The molecule has 0 atom stereocenters. The molecule has 69 heavy (non-hydrogen) atoms. The monoisotopic (exact) mass is 1030 g/mol. The van der Waals surface area contributed by atoms with Crippen LogP contribution in [0.1, 0.15) is 87.3 Å². The van der Waals surface area contributed by atoms with Gasteiger partial charge in [-0.1, -0.05) is 37.0 Å². The Bertz CT molecular complexity index is 2500. The number of aliphatic hydroxyl groups excluding tert-OH is 1. The molecule has 16 nitrogen and oxygen atoms in total. The van der Waals surface area contributed by atoms with Gasteiger partial charge in [-0.05, 0) is 63.8 Å². The summed E-state index contributed by atoms with van der Waals surface area (Å²) in [6, 6.07) is 5.75. The largest absolute Gasteiger partial charge is 1.00 e. The van der Waals surface area contributed by atoms with Gasteiger partial charge in [0.1, 0.15) is 11.5 Å². The fourth-order valence-electron chi connectivity index (χ4n) is 6.51. The summed E-state index contributed by atoms with van der Waals surface area (Å²) in [7, 11) is 3.75. The van der Waals surface area contributed by atoms with Crippen LogP contribution in [0.5, 0.6) is 11.5 Å². The minimum Gasteiger partial charge on any atom is -0.870 e. The quantitative estimate of drug-likeness (QED) is 0.0325. The average molecular weight is 1030 g/mol. The number of carboxylic acids is 1. The van der Waals surface area contributed by atoms with E-state index in [-0.39, 0.29) is 82.4 Å². The SMILES string of the molecule is CCCc1c(OCCCN(C)c2nc(CC(=O)O)cs2)ccc2c(C(F)(F)F)noc12.CCCc1c(OCCCN(C)c2nc(CC(=O)OCC)cs2)ccc2c(C(F)(F)F)noc12.CCO.[Na+].[OH-]. The van der Waals surface area contributed by atoms with E-state index >= 15 is 0 Å². The molecule has 6 rings (SSSR count). The summed E-state index contributed by atoms with van der Waals surface area (Å²) in [6.07, 6.45) is -5.38. The number of aryl methyl sites for hydroxylation is 2. The van der Waals surface area contributed by atoms with Gasteiger partial charge in [-0.2, -0.15) is 26.3 Å². The number of carbonyl (C=O) groups excluding carboxylic acids is 1. The van der Waals surface area contributed by atoms with Gasteiger partial charge in [0.15, 0.2) is 32.8 Å². The number of halogens is 6. The maximum absolute atomic E-state index is 13.1. The molecule has 0 spiro atoms. The predicted molar refractivity (Wildman–Crippen MR) is 243 cm³/mol. The summed E-state index contributed by atoms with van der Waals surface area (Å²) in [4.78, 5) is 35.0. The molecule has 376 valence electrons. The van der Waals surface area contributed by atoms with Crippen LogP contribution in [-0.2, 0) is 52.4 Å². The summed E-state index contributed by atoms with van der Waals surface area (Å²) >= 11 is 2.81. The number of rotatable bonds is 21. The number of benzene rings is 2. The predicted octanol–water partition coefficient (Wildman–Crippen LogP) is 6.88. The maximum atomic E-state index is 13.1. The summed E-state index contributed by atoms with van der Waals surface area (Å²) in [5, 5.41) is 27.8. The minimum absolute atomic E-state index is 0. The van der Waals surface area contributed by atoms with Gasteiger partial charge < -0.3 is 48.7 Å². The molecule has 0 aliphatic carbocycles. The molecule has 4 heterocycles. The Morgan fingerprint density at radius 3 is 1.48 bits per heavy atom. The van der Waals surface area contributed by atoms with Crippen molar-refractivity contribution in [2.24, 2.45) is 0 Å². The molecule has 25 heteroatoms. The van der Waals surface area contributed by atoms with Gasteiger partial charge in [-0.3, -0.25) is 9.59 Å². The van der Waals surface area contributed by atoms with Crippen LogP contribution in [0.3, 0.4) is 0 Å². The molecule has 0 bridgehead atoms. The number of carboxylic acid groups (broad SMARTS) is 1. The Morgan fingerprint density at radius 1 is 0.710 bits per heavy atom. The van der Waals surface area contributed by atoms with Gasteiger partial charge in [0.25, 0.3) is 0 Å². The minimum atomic E-state index is -4.58. The second kappa shape index (κ2) is 28.8. The van der Waals surface area contributed by atoms with Crippen LogP contribution < -0.4 is 48.8 Å². The second-order valence-electron chi connectivity index (χ2n) is 14.8. The van der Waals surface area contributed by atoms with Crippen LogP contribution in [0.4, 0.5) is 36.6 Å². The zero-order valence-electron chi connectivity index (χ0n) is 39.3. The Balaban J connectivity index is 0.000000437. The van der Waals surface area contributed by atoms with Gasteiger partial charge in [-0.25, -0.2) is 9.97 Å². The van der Waals surface area contributed by atoms with Crippen molar-refractivity contribution < 1.29 is 104 Å². The molecule has 4 aromatic heterocycles. The fraction of sp³-hybridized carbons (Fsp3) is 0.500. The molecule has 0 aliphatic heterocycles. The first kappa shape index (κ1) is 60.4. The van der Waals surface area contributed by atoms with Gasteiger partial charge >= 0.3 is 53.8 Å². The Morgan fingerprint density at radius 2 is 1.12 bits per heavy atom. The van der Waals surface area contributed by atoms with Crippen LogP contribution in [-0.4, -0.2) is 102 Å². The molecule has 0 radical (unpaired) electrons. The standard InChI is InChI=1S/C22H26F3N3O4S.C20H22F3N3O4S.C2H6O.Na.H2O/c1-4-7-15-17(9-8-16-19(15)32-27-20(16)22(23,24)25)31-11-6-10-28(3)21-26-14(13-33-21)12-18(29)30-5-2;1-3-5-13-15(7-6-14-17(13)30-25-18(14)20(21,22)23)29-9-4-8-26(2)19-24-12(11-31-19)10-16(27)28;1-2-3;;/h8-9,13H,4-7,10-12H2,1-3H3;6-7,11H,3-5,8-10H2,1-2H3,(H,27,28);3H,2H2,1H3;;1H2/q;;;+1;/p-1. The van der Waals surface area contributed by atoms with E-state index in [2.05, 4.69) is 20.3 Å². The van der Waals surface area contributed by atoms with E-state index in [4.69, 9.17) is 33.5 Å². The molecular formula is C44H55F6N6NaO10S2. The van der Waals surface area contributed by atoms with Crippen LogP contribution in [0.2, 0.25) is 0 Å². The van der Waals surface area contributed by atoms with E-state index in [0.29, 0.717) is 104 Å². The number of fused-ring (bicyclic) bond motifs is 2. The van der Waals surface area contributed by atoms with Crippen molar-refractivity contribution in [1.82, 2.24) is 20.3 Å². The van der Waals surface area contributed by atoms with Crippen molar-refractivity contribution in [3.8, 4) is 11.5 Å². The topological polar surface area (TPSA) is 217 Å². The van der Waals surface area contributed by atoms with Crippen molar-refractivity contribution in [2.75, 3.05) is 63.4 Å². The van der Waals surface area contributed by atoms with Crippen molar-refractivity contribution in [3.63, 3.8) is 0 Å². The summed E-state index contributed by atoms with van der Waals surface area (Å²) in [5.74, 6) is -0.246. The third kappa shape index (κ3) is 17.6. The third-order valence-electron chi connectivity index (χ3n) is 9.43. The van der Waals surface area contributed by atoms with Gasteiger partial charge in [0.05, 0.1) is 54.8 Å². The normalized spacial score (nSPS) is 11.1. The molecule has 0 saturated heterocycles. The number of carbonyl (C=O) groups is 2. The zero-order chi connectivity index (χ0) is 49.3. The Labute approximate surface area is 424 Å². The van der Waals surface area contributed by atoms with Crippen LogP contribution >= 0.6 is 22.7 Å². The van der Waals surface area contributed by atoms with Crippen molar-refractivity contribution in [1.29, 1.82) is 0 Å². The first-order chi connectivity index (χ1) is 31.9. The number of aromatic nitrogens is 4. The van der Waals surface area contributed by atoms with E-state index in [1.54, 1.807) is 25.3 Å². The number of ether oxygens (including phenoxy) is 3. The maximum Gasteiger partial charge on any atom is 1.00 e. The molecule has 3 N–H and O–H groups in total. The number of esters is 1. The van der Waals surface area contributed by atoms with E-state index < -0.39 is 29.7 Å².